The van der Waals surface area contributed by atoms with Crippen LogP contribution in [0.15, 0.2) is 24.3 Å². The van der Waals surface area contributed by atoms with E-state index in [1.807, 2.05) is 0 Å². The van der Waals surface area contributed by atoms with Crippen molar-refractivity contribution in [3.8, 4) is 0 Å². The molecule has 2 heteroatoms. The van der Waals surface area contributed by atoms with E-state index >= 15 is 0 Å². The number of hydrogen-bond acceptors (Lipinski definition) is 2. The maximum atomic E-state index is 6.10. The van der Waals surface area contributed by atoms with Crippen LogP contribution >= 0.6 is 0 Å². The van der Waals surface area contributed by atoms with Crippen molar-refractivity contribution < 1.29 is 0 Å². The Morgan fingerprint density at radius 2 is 1.75 bits per heavy atom. The Balaban J connectivity index is 1.72. The van der Waals surface area contributed by atoms with Crippen LogP contribution in [0.1, 0.15) is 18.1 Å². The molecule has 1 aromatic carbocycles. The molecule has 1 aliphatic heterocycles. The predicted octanol–water partition coefficient (Wildman–Crippen LogP) is 1.43. The molecule has 3 rings (SSSR count). The number of nitrogens with zero attached hydrogens (tertiary/aromatic N) is 1. The molecule has 1 aliphatic carbocycles. The van der Waals surface area contributed by atoms with E-state index in [9.17, 15) is 0 Å². The normalized spacial score (nSPS) is 30.9. The van der Waals surface area contributed by atoms with E-state index in [2.05, 4.69) is 36.1 Å². The summed E-state index contributed by atoms with van der Waals surface area (Å²) in [4.78, 5) is 2.59. The molecule has 2 nitrogen and oxygen atoms in total. The number of likely N-dealkylation sites (tertiary alicyclic amines) is 1. The van der Waals surface area contributed by atoms with E-state index in [1.165, 1.54) is 19.4 Å². The lowest BCUT2D eigenvalue weighted by molar-refractivity contribution is 0.241. The quantitative estimate of drug-likeness (QED) is 0.769. The first-order chi connectivity index (χ1) is 7.74. The molecule has 2 atom stereocenters. The summed E-state index contributed by atoms with van der Waals surface area (Å²) in [7, 11) is 0. The van der Waals surface area contributed by atoms with Crippen LogP contribution in [0.5, 0.6) is 0 Å². The van der Waals surface area contributed by atoms with Crippen molar-refractivity contribution in [3.63, 3.8) is 0 Å². The van der Waals surface area contributed by atoms with Crippen molar-refractivity contribution in [1.82, 2.24) is 4.90 Å². The molecule has 16 heavy (non-hydrogen) atoms. The maximum Gasteiger partial charge on any atom is 0.0206 e. The zero-order chi connectivity index (χ0) is 11.1. The van der Waals surface area contributed by atoms with Gasteiger partial charge >= 0.3 is 0 Å². The highest BCUT2D eigenvalue weighted by Gasteiger charge is 2.34. The molecule has 1 saturated heterocycles. The van der Waals surface area contributed by atoms with Crippen molar-refractivity contribution in [2.24, 2.45) is 11.7 Å². The average Bonchev–Trinajstić information content (AvgIpc) is 2.83. The van der Waals surface area contributed by atoms with E-state index < -0.39 is 0 Å². The lowest BCUT2D eigenvalue weighted by atomic mass is 10.1. The third-order valence-electron chi connectivity index (χ3n) is 4.24. The Morgan fingerprint density at radius 1 is 1.12 bits per heavy atom. The van der Waals surface area contributed by atoms with Crippen molar-refractivity contribution in [2.75, 3.05) is 13.1 Å². The van der Waals surface area contributed by atoms with Gasteiger partial charge in [0.15, 0.2) is 0 Å². The number of nitrogens with two attached hydrogens (primary N) is 1. The van der Waals surface area contributed by atoms with Gasteiger partial charge in [-0.25, -0.2) is 0 Å². The topological polar surface area (TPSA) is 29.3 Å². The highest BCUT2D eigenvalue weighted by atomic mass is 15.2. The molecule has 86 valence electrons. The lowest BCUT2D eigenvalue weighted by Crippen LogP contribution is -2.36. The Bertz CT molecular complexity index is 353. The van der Waals surface area contributed by atoms with Crippen molar-refractivity contribution in [3.05, 3.63) is 35.4 Å². The summed E-state index contributed by atoms with van der Waals surface area (Å²) in [5.74, 6) is 0.656. The lowest BCUT2D eigenvalue weighted by Gasteiger charge is -2.23. The fourth-order valence-corrected chi connectivity index (χ4v) is 3.12. The van der Waals surface area contributed by atoms with Crippen molar-refractivity contribution in [1.29, 1.82) is 0 Å². The van der Waals surface area contributed by atoms with Crippen molar-refractivity contribution in [2.45, 2.75) is 31.8 Å². The summed E-state index contributed by atoms with van der Waals surface area (Å²) in [6.07, 6.45) is 2.44. The van der Waals surface area contributed by atoms with Gasteiger partial charge in [0.25, 0.3) is 0 Å². The van der Waals surface area contributed by atoms with E-state index in [4.69, 9.17) is 5.73 Å². The Morgan fingerprint density at radius 3 is 2.25 bits per heavy atom. The molecule has 2 unspecified atom stereocenters. The summed E-state index contributed by atoms with van der Waals surface area (Å²) in [6, 6.07) is 9.93. The van der Waals surface area contributed by atoms with Gasteiger partial charge in [-0.1, -0.05) is 31.2 Å². The first kappa shape index (κ1) is 10.3. The third-order valence-corrected chi connectivity index (χ3v) is 4.24. The van der Waals surface area contributed by atoms with Gasteiger partial charge in [0, 0.05) is 25.2 Å². The molecule has 1 heterocycles. The molecule has 0 amide bonds. The summed E-state index contributed by atoms with van der Waals surface area (Å²) < 4.78 is 0. The van der Waals surface area contributed by atoms with Gasteiger partial charge in [0.1, 0.15) is 0 Å². The minimum Gasteiger partial charge on any atom is -0.326 e. The van der Waals surface area contributed by atoms with Gasteiger partial charge in [-0.3, -0.25) is 4.90 Å². The van der Waals surface area contributed by atoms with Gasteiger partial charge in [0.2, 0.25) is 0 Å². The van der Waals surface area contributed by atoms with E-state index in [-0.39, 0.29) is 0 Å². The molecule has 2 N–H and O–H groups in total. The zero-order valence-corrected chi connectivity index (χ0v) is 9.89. The standard InChI is InChI=1S/C14H20N2/c1-10-8-16(9-14(10)15)13-6-11-4-2-3-5-12(11)7-13/h2-5,10,13-14H,6-9,15H2,1H3. The van der Waals surface area contributed by atoms with Crippen molar-refractivity contribution >= 4 is 0 Å². The summed E-state index contributed by atoms with van der Waals surface area (Å²) in [5, 5.41) is 0. The minimum absolute atomic E-state index is 0.378. The summed E-state index contributed by atoms with van der Waals surface area (Å²) in [6.45, 7) is 4.53. The average molecular weight is 216 g/mol. The monoisotopic (exact) mass is 216 g/mol. The number of hydrogen-bond donors (Lipinski definition) is 1. The second-order valence-corrected chi connectivity index (χ2v) is 5.43. The van der Waals surface area contributed by atoms with Crippen LogP contribution in [0.4, 0.5) is 0 Å². The highest BCUT2D eigenvalue weighted by molar-refractivity contribution is 5.33. The fourth-order valence-electron chi connectivity index (χ4n) is 3.12. The molecule has 2 aliphatic rings. The van der Waals surface area contributed by atoms with Crippen LogP contribution in [-0.4, -0.2) is 30.1 Å². The van der Waals surface area contributed by atoms with Crippen LogP contribution in [0.3, 0.4) is 0 Å². The summed E-state index contributed by atoms with van der Waals surface area (Å²) >= 11 is 0. The molecule has 1 fully saturated rings. The second-order valence-electron chi connectivity index (χ2n) is 5.43. The molecule has 0 bridgehead atoms. The van der Waals surface area contributed by atoms with Gasteiger partial charge in [-0.2, -0.15) is 0 Å². The smallest absolute Gasteiger partial charge is 0.0206 e. The van der Waals surface area contributed by atoms with Gasteiger partial charge in [0.05, 0.1) is 0 Å². The van der Waals surface area contributed by atoms with Crippen LogP contribution < -0.4 is 5.73 Å². The first-order valence-corrected chi connectivity index (χ1v) is 6.30. The Hall–Kier alpha value is -0.860. The molecule has 1 aromatic rings. The Kier molecular flexibility index (Phi) is 2.49. The SMILES string of the molecule is CC1CN(C2Cc3ccccc3C2)CC1N. The van der Waals surface area contributed by atoms with E-state index in [0.717, 1.165) is 6.54 Å². The predicted molar refractivity (Wildman–Crippen MR) is 66.4 cm³/mol. The molecule has 0 spiro atoms. The van der Waals surface area contributed by atoms with Gasteiger partial charge in [-0.05, 0) is 29.9 Å². The molecule has 0 radical (unpaired) electrons. The number of rotatable bonds is 1. The maximum absolute atomic E-state index is 6.10. The number of fused-ring (bicyclic) bond motifs is 1. The summed E-state index contributed by atoms with van der Waals surface area (Å²) in [5.41, 5.74) is 9.18. The molecule has 0 saturated carbocycles. The zero-order valence-electron chi connectivity index (χ0n) is 9.89. The Labute approximate surface area is 97.4 Å². The molecule has 0 aromatic heterocycles. The molecular weight excluding hydrogens is 196 g/mol. The number of benzene rings is 1. The van der Waals surface area contributed by atoms with Gasteiger partial charge < -0.3 is 5.73 Å². The van der Waals surface area contributed by atoms with E-state index in [1.54, 1.807) is 11.1 Å². The first-order valence-electron chi connectivity index (χ1n) is 6.30. The van der Waals surface area contributed by atoms with Crippen LogP contribution in [0.25, 0.3) is 0 Å². The van der Waals surface area contributed by atoms with Crippen LogP contribution in [-0.2, 0) is 12.8 Å². The molecular formula is C14H20N2. The van der Waals surface area contributed by atoms with Crippen LogP contribution in [0.2, 0.25) is 0 Å². The third kappa shape index (κ3) is 1.66. The van der Waals surface area contributed by atoms with Crippen LogP contribution in [0, 0.1) is 5.92 Å². The van der Waals surface area contributed by atoms with Gasteiger partial charge in [-0.15, -0.1) is 0 Å². The minimum atomic E-state index is 0.378. The highest BCUT2D eigenvalue weighted by Crippen LogP contribution is 2.28. The second kappa shape index (κ2) is 3.86. The fraction of sp³-hybridized carbons (Fsp3) is 0.571. The van der Waals surface area contributed by atoms with E-state index in [0.29, 0.717) is 18.0 Å². The largest absolute Gasteiger partial charge is 0.326 e.